The first-order valence-electron chi connectivity index (χ1n) is 8.92. The summed E-state index contributed by atoms with van der Waals surface area (Å²) in [5.41, 5.74) is 3.54. The van der Waals surface area contributed by atoms with Crippen LogP contribution in [0.5, 0.6) is 0 Å². The first-order valence-corrected chi connectivity index (χ1v) is 9.90. The Labute approximate surface area is 165 Å². The molecule has 1 amide bonds. The Hall–Kier alpha value is -2.87. The Bertz CT molecular complexity index is 1200. The molecule has 0 aliphatic heterocycles. The van der Waals surface area contributed by atoms with E-state index in [0.29, 0.717) is 16.3 Å². The van der Waals surface area contributed by atoms with Gasteiger partial charge in [-0.1, -0.05) is 24.8 Å². The highest BCUT2D eigenvalue weighted by atomic mass is 32.2. The number of hydrogen-bond donors (Lipinski definition) is 1. The number of hydrogen-bond acceptors (Lipinski definition) is 5. The summed E-state index contributed by atoms with van der Waals surface area (Å²) in [7, 11) is 0. The molecule has 0 radical (unpaired) electrons. The molecule has 1 N–H and O–H groups in total. The van der Waals surface area contributed by atoms with E-state index < -0.39 is 0 Å². The SMILES string of the molecule is CCc1nnc(SCC(=O)Nc2ccc(C)c(F)c2)c2cc3oc(C)cc3n12. The molecule has 0 aliphatic carbocycles. The third-order valence-electron chi connectivity index (χ3n) is 4.46. The molecule has 0 atom stereocenters. The average Bonchev–Trinajstić information content (AvgIpc) is 3.19. The minimum atomic E-state index is -0.348. The lowest BCUT2D eigenvalue weighted by atomic mass is 10.2. The predicted octanol–water partition coefficient (Wildman–Crippen LogP) is 4.52. The van der Waals surface area contributed by atoms with Crippen molar-refractivity contribution < 1.29 is 13.6 Å². The van der Waals surface area contributed by atoms with Crippen LogP contribution >= 0.6 is 11.8 Å². The maximum absolute atomic E-state index is 13.6. The summed E-state index contributed by atoms with van der Waals surface area (Å²) in [5, 5.41) is 12.0. The Morgan fingerprint density at radius 3 is 2.79 bits per heavy atom. The molecule has 144 valence electrons. The van der Waals surface area contributed by atoms with Crippen LogP contribution in [0.2, 0.25) is 0 Å². The quantitative estimate of drug-likeness (QED) is 0.500. The van der Waals surface area contributed by atoms with Crippen molar-refractivity contribution in [2.75, 3.05) is 11.1 Å². The van der Waals surface area contributed by atoms with Gasteiger partial charge in [0.05, 0.1) is 16.8 Å². The van der Waals surface area contributed by atoms with Crippen molar-refractivity contribution in [2.24, 2.45) is 0 Å². The molecule has 4 aromatic rings. The number of halogens is 1. The van der Waals surface area contributed by atoms with Crippen molar-refractivity contribution in [1.82, 2.24) is 14.6 Å². The number of aromatic nitrogens is 3. The Kier molecular flexibility index (Phi) is 4.80. The van der Waals surface area contributed by atoms with Gasteiger partial charge in [-0.25, -0.2) is 4.39 Å². The minimum absolute atomic E-state index is 0.136. The zero-order chi connectivity index (χ0) is 19.8. The van der Waals surface area contributed by atoms with Crippen LogP contribution in [-0.2, 0) is 11.2 Å². The molecular weight excluding hydrogens is 379 g/mol. The maximum atomic E-state index is 13.6. The number of fused-ring (bicyclic) bond motifs is 3. The van der Waals surface area contributed by atoms with Crippen molar-refractivity contribution in [1.29, 1.82) is 0 Å². The van der Waals surface area contributed by atoms with E-state index in [4.69, 9.17) is 4.42 Å². The van der Waals surface area contributed by atoms with Crippen LogP contribution in [0.15, 0.2) is 39.8 Å². The fourth-order valence-corrected chi connectivity index (χ4v) is 3.82. The molecule has 0 aliphatic rings. The van der Waals surface area contributed by atoms with E-state index in [2.05, 4.69) is 15.5 Å². The number of carbonyl (C=O) groups is 1. The van der Waals surface area contributed by atoms with E-state index in [1.54, 1.807) is 19.1 Å². The summed E-state index contributed by atoms with van der Waals surface area (Å²) in [6.45, 7) is 5.60. The fraction of sp³-hybridized carbons (Fsp3) is 0.250. The molecule has 0 bridgehead atoms. The van der Waals surface area contributed by atoms with Crippen molar-refractivity contribution >= 4 is 40.0 Å². The summed E-state index contributed by atoms with van der Waals surface area (Å²) in [6, 6.07) is 8.52. The number of rotatable bonds is 5. The number of nitrogens with one attached hydrogen (secondary N) is 1. The van der Waals surface area contributed by atoms with Crippen LogP contribution < -0.4 is 5.32 Å². The standard InChI is InChI=1S/C20H19FN4O2S/c1-4-18-23-24-20(16-9-17-15(25(16)18)7-12(3)27-17)28-10-19(26)22-13-6-5-11(2)14(21)8-13/h5-9H,4,10H2,1-3H3,(H,22,26). The summed E-state index contributed by atoms with van der Waals surface area (Å²) >= 11 is 1.28. The number of furan rings is 1. The zero-order valence-corrected chi connectivity index (χ0v) is 16.6. The van der Waals surface area contributed by atoms with Gasteiger partial charge in [0, 0.05) is 24.2 Å². The number of thioether (sulfide) groups is 1. The monoisotopic (exact) mass is 398 g/mol. The molecule has 4 rings (SSSR count). The van der Waals surface area contributed by atoms with E-state index in [1.165, 1.54) is 17.8 Å². The fourth-order valence-electron chi connectivity index (χ4n) is 3.08. The molecule has 6 nitrogen and oxygen atoms in total. The number of amides is 1. The zero-order valence-electron chi connectivity index (χ0n) is 15.7. The largest absolute Gasteiger partial charge is 0.460 e. The van der Waals surface area contributed by atoms with Crippen LogP contribution in [0.4, 0.5) is 10.1 Å². The van der Waals surface area contributed by atoms with Gasteiger partial charge < -0.3 is 9.73 Å². The number of carbonyl (C=O) groups excluding carboxylic acids is 1. The predicted molar refractivity (Wildman–Crippen MR) is 107 cm³/mol. The Morgan fingerprint density at radius 1 is 1.21 bits per heavy atom. The molecule has 0 fully saturated rings. The van der Waals surface area contributed by atoms with E-state index in [9.17, 15) is 9.18 Å². The van der Waals surface area contributed by atoms with Gasteiger partial charge in [0.15, 0.2) is 5.58 Å². The molecule has 3 heterocycles. The second kappa shape index (κ2) is 7.27. The van der Waals surface area contributed by atoms with Crippen LogP contribution in [0.25, 0.3) is 16.6 Å². The lowest BCUT2D eigenvalue weighted by molar-refractivity contribution is -0.113. The highest BCUT2D eigenvalue weighted by Gasteiger charge is 2.17. The van der Waals surface area contributed by atoms with Gasteiger partial charge in [-0.3, -0.25) is 9.20 Å². The number of aryl methyl sites for hydroxylation is 3. The Morgan fingerprint density at radius 2 is 2.04 bits per heavy atom. The maximum Gasteiger partial charge on any atom is 0.234 e. The molecular formula is C20H19FN4O2S. The van der Waals surface area contributed by atoms with Crippen molar-refractivity contribution in [3.63, 3.8) is 0 Å². The van der Waals surface area contributed by atoms with Crippen molar-refractivity contribution in [2.45, 2.75) is 32.2 Å². The average molecular weight is 398 g/mol. The second-order valence-electron chi connectivity index (χ2n) is 6.55. The van der Waals surface area contributed by atoms with Gasteiger partial charge in [0.2, 0.25) is 5.91 Å². The second-order valence-corrected chi connectivity index (χ2v) is 7.51. The molecule has 1 aromatic carbocycles. The van der Waals surface area contributed by atoms with Gasteiger partial charge in [-0.2, -0.15) is 0 Å². The van der Waals surface area contributed by atoms with Crippen LogP contribution in [0.3, 0.4) is 0 Å². The number of nitrogens with zero attached hydrogens (tertiary/aromatic N) is 3. The third kappa shape index (κ3) is 3.35. The van der Waals surface area contributed by atoms with Gasteiger partial charge in [-0.15, -0.1) is 10.2 Å². The van der Waals surface area contributed by atoms with Gasteiger partial charge >= 0.3 is 0 Å². The van der Waals surface area contributed by atoms with Gasteiger partial charge in [-0.05, 0) is 31.5 Å². The number of benzene rings is 1. The topological polar surface area (TPSA) is 72.4 Å². The summed E-state index contributed by atoms with van der Waals surface area (Å²) in [5.74, 6) is 1.21. The first-order chi connectivity index (χ1) is 13.5. The summed E-state index contributed by atoms with van der Waals surface area (Å²) in [4.78, 5) is 12.3. The molecule has 0 saturated carbocycles. The summed E-state index contributed by atoms with van der Waals surface area (Å²) < 4.78 is 21.4. The molecule has 28 heavy (non-hydrogen) atoms. The van der Waals surface area contributed by atoms with Gasteiger partial charge in [0.25, 0.3) is 0 Å². The number of anilines is 1. The highest BCUT2D eigenvalue weighted by molar-refractivity contribution is 8.00. The van der Waals surface area contributed by atoms with E-state index in [-0.39, 0.29) is 17.5 Å². The normalized spacial score (nSPS) is 11.4. The van der Waals surface area contributed by atoms with Crippen LogP contribution in [0, 0.1) is 19.7 Å². The lowest BCUT2D eigenvalue weighted by Gasteiger charge is -2.08. The van der Waals surface area contributed by atoms with Gasteiger partial charge in [0.1, 0.15) is 22.4 Å². The van der Waals surface area contributed by atoms with E-state index in [1.807, 2.05) is 30.4 Å². The highest BCUT2D eigenvalue weighted by Crippen LogP contribution is 2.30. The van der Waals surface area contributed by atoms with Crippen molar-refractivity contribution in [3.8, 4) is 0 Å². The Balaban J connectivity index is 1.57. The molecule has 0 unspecified atom stereocenters. The first kappa shape index (κ1) is 18.5. The van der Waals surface area contributed by atoms with Crippen molar-refractivity contribution in [3.05, 3.63) is 53.3 Å². The molecule has 3 aromatic heterocycles. The minimum Gasteiger partial charge on any atom is -0.460 e. The molecule has 0 spiro atoms. The van der Waals surface area contributed by atoms with E-state index >= 15 is 0 Å². The molecule has 8 heteroatoms. The third-order valence-corrected chi connectivity index (χ3v) is 5.43. The smallest absolute Gasteiger partial charge is 0.234 e. The lowest BCUT2D eigenvalue weighted by Crippen LogP contribution is -2.14. The van der Waals surface area contributed by atoms with E-state index in [0.717, 1.165) is 34.6 Å². The molecule has 0 saturated heterocycles. The van der Waals surface area contributed by atoms with Crippen LogP contribution in [-0.4, -0.2) is 26.3 Å². The summed E-state index contributed by atoms with van der Waals surface area (Å²) in [6.07, 6.45) is 0.724. The van der Waals surface area contributed by atoms with Crippen LogP contribution in [0.1, 0.15) is 24.1 Å².